The molecule has 0 spiro atoms. The second-order valence-corrected chi connectivity index (χ2v) is 5.64. The summed E-state index contributed by atoms with van der Waals surface area (Å²) in [6.45, 7) is 8.77. The lowest BCUT2D eigenvalue weighted by molar-refractivity contribution is -0.137. The molecule has 1 aliphatic heterocycles. The van der Waals surface area contributed by atoms with Crippen LogP contribution in [0.2, 0.25) is 0 Å². The molecule has 0 bridgehead atoms. The fourth-order valence-electron chi connectivity index (χ4n) is 2.83. The molecule has 0 radical (unpaired) electrons. The Morgan fingerprint density at radius 2 is 1.90 bits per heavy atom. The summed E-state index contributed by atoms with van der Waals surface area (Å²) < 4.78 is 1.84. The first-order valence-electron chi connectivity index (χ1n) is 7.62. The summed E-state index contributed by atoms with van der Waals surface area (Å²) in [6, 6.07) is 0. The molecule has 0 N–H and O–H groups in total. The molecule has 5 heteroatoms. The van der Waals surface area contributed by atoms with Gasteiger partial charge in [-0.15, -0.1) is 0 Å². The SMILES string of the molecule is CCC(CC)C(=O)N1CCN(Cc2cnn(C)c2)CC1. The molecule has 5 nitrogen and oxygen atoms in total. The van der Waals surface area contributed by atoms with Crippen LogP contribution in [0.1, 0.15) is 32.3 Å². The predicted molar refractivity (Wildman–Crippen MR) is 79.1 cm³/mol. The number of carbonyl (C=O) groups is 1. The number of rotatable bonds is 5. The van der Waals surface area contributed by atoms with E-state index in [1.165, 1.54) is 5.56 Å². The zero-order valence-electron chi connectivity index (χ0n) is 12.9. The van der Waals surface area contributed by atoms with Crippen molar-refractivity contribution < 1.29 is 4.79 Å². The summed E-state index contributed by atoms with van der Waals surface area (Å²) in [5.41, 5.74) is 1.24. The molecule has 1 aromatic heterocycles. The quantitative estimate of drug-likeness (QED) is 0.819. The molecular weight excluding hydrogens is 252 g/mol. The molecule has 1 fully saturated rings. The van der Waals surface area contributed by atoms with Gasteiger partial charge in [-0.3, -0.25) is 14.4 Å². The van der Waals surface area contributed by atoms with Gasteiger partial charge in [0.05, 0.1) is 6.20 Å². The minimum atomic E-state index is 0.208. The topological polar surface area (TPSA) is 41.4 Å². The van der Waals surface area contributed by atoms with Crippen molar-refractivity contribution in [2.45, 2.75) is 33.2 Å². The molecule has 0 aromatic carbocycles. The van der Waals surface area contributed by atoms with E-state index in [0.29, 0.717) is 5.91 Å². The Balaban J connectivity index is 1.81. The number of carbonyl (C=O) groups excluding carboxylic acids is 1. The minimum Gasteiger partial charge on any atom is -0.340 e. The smallest absolute Gasteiger partial charge is 0.225 e. The van der Waals surface area contributed by atoms with Crippen molar-refractivity contribution in [2.75, 3.05) is 26.2 Å². The minimum absolute atomic E-state index is 0.208. The predicted octanol–water partition coefficient (Wildman–Crippen LogP) is 1.50. The molecule has 0 unspecified atom stereocenters. The standard InChI is InChI=1S/C15H26N4O/c1-4-14(5-2)15(20)19-8-6-18(7-9-19)12-13-10-16-17(3)11-13/h10-11,14H,4-9,12H2,1-3H3. The highest BCUT2D eigenvalue weighted by molar-refractivity contribution is 5.78. The number of amides is 1. The first-order chi connectivity index (χ1) is 9.63. The molecular formula is C15H26N4O. The van der Waals surface area contributed by atoms with Gasteiger partial charge in [0.2, 0.25) is 5.91 Å². The lowest BCUT2D eigenvalue weighted by Gasteiger charge is -2.36. The third-order valence-electron chi connectivity index (χ3n) is 4.18. The Kier molecular flexibility index (Phi) is 5.17. The van der Waals surface area contributed by atoms with Gasteiger partial charge in [0, 0.05) is 57.4 Å². The van der Waals surface area contributed by atoms with E-state index >= 15 is 0 Å². The lowest BCUT2D eigenvalue weighted by atomic mass is 10.0. The average molecular weight is 278 g/mol. The van der Waals surface area contributed by atoms with E-state index in [2.05, 4.69) is 30.0 Å². The number of aromatic nitrogens is 2. The maximum absolute atomic E-state index is 12.3. The number of aryl methyl sites for hydroxylation is 1. The van der Waals surface area contributed by atoms with Crippen LogP contribution in [0.5, 0.6) is 0 Å². The summed E-state index contributed by atoms with van der Waals surface area (Å²) in [4.78, 5) is 16.8. The van der Waals surface area contributed by atoms with E-state index in [1.54, 1.807) is 0 Å². The Morgan fingerprint density at radius 3 is 2.40 bits per heavy atom. The van der Waals surface area contributed by atoms with Crippen molar-refractivity contribution in [3.63, 3.8) is 0 Å². The average Bonchev–Trinajstić information content (AvgIpc) is 2.86. The van der Waals surface area contributed by atoms with Gasteiger partial charge >= 0.3 is 0 Å². The van der Waals surface area contributed by atoms with E-state index in [-0.39, 0.29) is 5.92 Å². The third kappa shape index (κ3) is 3.60. The van der Waals surface area contributed by atoms with Crippen LogP contribution in [0.3, 0.4) is 0 Å². The largest absolute Gasteiger partial charge is 0.340 e. The van der Waals surface area contributed by atoms with Crippen molar-refractivity contribution in [2.24, 2.45) is 13.0 Å². The molecule has 112 valence electrons. The lowest BCUT2D eigenvalue weighted by Crippen LogP contribution is -2.49. The van der Waals surface area contributed by atoms with Gasteiger partial charge in [-0.05, 0) is 12.8 Å². The molecule has 20 heavy (non-hydrogen) atoms. The van der Waals surface area contributed by atoms with Crippen LogP contribution in [0.4, 0.5) is 0 Å². The van der Waals surface area contributed by atoms with Gasteiger partial charge < -0.3 is 4.90 Å². The monoisotopic (exact) mass is 278 g/mol. The summed E-state index contributed by atoms with van der Waals surface area (Å²) in [7, 11) is 1.94. The van der Waals surface area contributed by atoms with Gasteiger partial charge in [-0.1, -0.05) is 13.8 Å². The third-order valence-corrected chi connectivity index (χ3v) is 4.18. The second kappa shape index (κ2) is 6.88. The second-order valence-electron chi connectivity index (χ2n) is 5.64. The van der Waals surface area contributed by atoms with Gasteiger partial charge in [-0.2, -0.15) is 5.10 Å². The Bertz CT molecular complexity index is 431. The van der Waals surface area contributed by atoms with Gasteiger partial charge in [-0.25, -0.2) is 0 Å². The fourth-order valence-corrected chi connectivity index (χ4v) is 2.83. The molecule has 1 saturated heterocycles. The highest BCUT2D eigenvalue weighted by atomic mass is 16.2. The Morgan fingerprint density at radius 1 is 1.25 bits per heavy atom. The highest BCUT2D eigenvalue weighted by Crippen LogP contribution is 2.15. The summed E-state index contributed by atoms with van der Waals surface area (Å²) in [5.74, 6) is 0.552. The highest BCUT2D eigenvalue weighted by Gasteiger charge is 2.25. The molecule has 1 aliphatic rings. The van der Waals surface area contributed by atoms with Gasteiger partial charge in [0.1, 0.15) is 0 Å². The van der Waals surface area contributed by atoms with Crippen LogP contribution in [0.25, 0.3) is 0 Å². The summed E-state index contributed by atoms with van der Waals surface area (Å²) in [6.07, 6.45) is 5.87. The number of nitrogens with zero attached hydrogens (tertiary/aromatic N) is 4. The van der Waals surface area contributed by atoms with Crippen molar-refractivity contribution in [1.29, 1.82) is 0 Å². The normalized spacial score (nSPS) is 16.9. The van der Waals surface area contributed by atoms with Crippen LogP contribution >= 0.6 is 0 Å². The summed E-state index contributed by atoms with van der Waals surface area (Å²) >= 11 is 0. The van der Waals surface area contributed by atoms with Crippen LogP contribution in [-0.2, 0) is 18.4 Å². The van der Waals surface area contributed by atoms with E-state index in [4.69, 9.17) is 0 Å². The van der Waals surface area contributed by atoms with Crippen LogP contribution in [0.15, 0.2) is 12.4 Å². The molecule has 0 aliphatic carbocycles. The first kappa shape index (κ1) is 15.0. The first-order valence-corrected chi connectivity index (χ1v) is 7.62. The Labute approximate surface area is 121 Å². The van der Waals surface area contributed by atoms with E-state index in [9.17, 15) is 4.79 Å². The van der Waals surface area contributed by atoms with Crippen molar-refractivity contribution in [1.82, 2.24) is 19.6 Å². The van der Waals surface area contributed by atoms with Crippen molar-refractivity contribution >= 4 is 5.91 Å². The molecule has 2 rings (SSSR count). The molecule has 1 aromatic rings. The van der Waals surface area contributed by atoms with Gasteiger partial charge in [0.25, 0.3) is 0 Å². The maximum Gasteiger partial charge on any atom is 0.225 e. The van der Waals surface area contributed by atoms with Crippen LogP contribution in [-0.4, -0.2) is 51.7 Å². The van der Waals surface area contributed by atoms with Crippen LogP contribution in [0, 0.1) is 5.92 Å². The van der Waals surface area contributed by atoms with Crippen molar-refractivity contribution in [3.8, 4) is 0 Å². The van der Waals surface area contributed by atoms with Crippen molar-refractivity contribution in [3.05, 3.63) is 18.0 Å². The molecule has 2 heterocycles. The fraction of sp³-hybridized carbons (Fsp3) is 0.733. The zero-order chi connectivity index (χ0) is 14.5. The maximum atomic E-state index is 12.3. The van der Waals surface area contributed by atoms with E-state index in [0.717, 1.165) is 45.6 Å². The summed E-state index contributed by atoms with van der Waals surface area (Å²) in [5, 5.41) is 4.20. The van der Waals surface area contributed by atoms with E-state index in [1.807, 2.05) is 22.8 Å². The molecule has 1 amide bonds. The molecule has 0 atom stereocenters. The number of hydrogen-bond acceptors (Lipinski definition) is 3. The number of piperazine rings is 1. The number of hydrogen-bond donors (Lipinski definition) is 0. The Hall–Kier alpha value is -1.36. The van der Waals surface area contributed by atoms with E-state index < -0.39 is 0 Å². The van der Waals surface area contributed by atoms with Crippen LogP contribution < -0.4 is 0 Å². The zero-order valence-corrected chi connectivity index (χ0v) is 12.9. The molecule has 0 saturated carbocycles. The van der Waals surface area contributed by atoms with Gasteiger partial charge in [0.15, 0.2) is 0 Å².